The van der Waals surface area contributed by atoms with Crippen molar-refractivity contribution in [3.63, 3.8) is 0 Å². The van der Waals surface area contributed by atoms with Crippen LogP contribution < -0.4 is 5.32 Å². The molecule has 0 radical (unpaired) electrons. The fourth-order valence-corrected chi connectivity index (χ4v) is 3.13. The summed E-state index contributed by atoms with van der Waals surface area (Å²) in [5.74, 6) is -2.64. The fourth-order valence-electron chi connectivity index (χ4n) is 2.54. The number of nitrogens with zero attached hydrogens (tertiary/aromatic N) is 1. The second-order valence-electron chi connectivity index (χ2n) is 5.24. The summed E-state index contributed by atoms with van der Waals surface area (Å²) in [5.41, 5.74) is 0.456. The van der Waals surface area contributed by atoms with Crippen molar-refractivity contribution >= 4 is 23.4 Å². The molecule has 1 saturated heterocycles. The smallest absolute Gasteiger partial charge is 0.288 e. The molecule has 1 amide bonds. The van der Waals surface area contributed by atoms with Gasteiger partial charge >= 0.3 is 0 Å². The maximum atomic E-state index is 12.5. The van der Waals surface area contributed by atoms with E-state index in [2.05, 4.69) is 17.1 Å². The molecule has 1 aromatic rings. The number of nitrogens with one attached hydrogen (secondary N) is 1. The van der Waals surface area contributed by atoms with Gasteiger partial charge in [0.25, 0.3) is 5.76 Å². The van der Waals surface area contributed by atoms with Gasteiger partial charge in [0.2, 0.25) is 5.91 Å². The van der Waals surface area contributed by atoms with Crippen LogP contribution in [0.5, 0.6) is 0 Å². The van der Waals surface area contributed by atoms with Crippen LogP contribution in [0, 0.1) is 0 Å². The van der Waals surface area contributed by atoms with Gasteiger partial charge in [0, 0.05) is 10.9 Å². The molecule has 1 N–H and O–H groups in total. The molecule has 1 fully saturated rings. The van der Waals surface area contributed by atoms with Crippen LogP contribution in [0.15, 0.2) is 29.2 Å². The molecule has 21 heavy (non-hydrogen) atoms. The zero-order chi connectivity index (χ0) is 15.2. The molecule has 0 aliphatic carbocycles. The van der Waals surface area contributed by atoms with E-state index in [9.17, 15) is 13.6 Å². The minimum absolute atomic E-state index is 0.147. The van der Waals surface area contributed by atoms with Crippen LogP contribution in [0.1, 0.15) is 26.2 Å². The van der Waals surface area contributed by atoms with Crippen molar-refractivity contribution in [1.82, 2.24) is 4.90 Å². The van der Waals surface area contributed by atoms with Crippen molar-refractivity contribution < 1.29 is 13.6 Å². The van der Waals surface area contributed by atoms with E-state index in [1.54, 1.807) is 24.3 Å². The average Bonchev–Trinajstić information content (AvgIpc) is 2.43. The molecule has 1 aliphatic heterocycles. The standard InChI is InChI=1S/C15H20F2N2OS/c1-11-6-4-5-9-19(11)10-14(20)18-12-7-2-3-8-13(12)21-15(16)17/h2-3,7-8,11,15H,4-6,9-10H2,1H3,(H,18,20). The molecule has 0 spiro atoms. The van der Waals surface area contributed by atoms with Gasteiger partial charge in [0.05, 0.1) is 12.2 Å². The molecule has 0 bridgehead atoms. The third-order valence-electron chi connectivity index (χ3n) is 3.66. The lowest BCUT2D eigenvalue weighted by Gasteiger charge is -2.32. The maximum Gasteiger partial charge on any atom is 0.288 e. The van der Waals surface area contributed by atoms with Gasteiger partial charge in [-0.25, -0.2) is 0 Å². The molecular weight excluding hydrogens is 294 g/mol. The Morgan fingerprint density at radius 2 is 2.19 bits per heavy atom. The first-order chi connectivity index (χ1) is 10.1. The van der Waals surface area contributed by atoms with Gasteiger partial charge in [0.15, 0.2) is 0 Å². The summed E-state index contributed by atoms with van der Waals surface area (Å²) in [6.45, 7) is 3.35. The number of carbonyl (C=O) groups excluding carboxylic acids is 1. The van der Waals surface area contributed by atoms with Crippen LogP contribution in [0.3, 0.4) is 0 Å². The van der Waals surface area contributed by atoms with Crippen LogP contribution in [0.25, 0.3) is 0 Å². The monoisotopic (exact) mass is 314 g/mol. The molecule has 2 rings (SSSR count). The van der Waals surface area contributed by atoms with Crippen LogP contribution in [-0.4, -0.2) is 35.7 Å². The van der Waals surface area contributed by atoms with E-state index in [0.29, 0.717) is 34.9 Å². The number of benzene rings is 1. The van der Waals surface area contributed by atoms with Gasteiger partial charge in [-0.1, -0.05) is 30.3 Å². The highest BCUT2D eigenvalue weighted by Crippen LogP contribution is 2.31. The Bertz CT molecular complexity index is 484. The van der Waals surface area contributed by atoms with Crippen LogP contribution in [0.2, 0.25) is 0 Å². The van der Waals surface area contributed by atoms with Gasteiger partial charge in [-0.2, -0.15) is 8.78 Å². The summed E-state index contributed by atoms with van der Waals surface area (Å²) in [6.07, 6.45) is 3.41. The zero-order valence-corrected chi connectivity index (χ0v) is 12.8. The van der Waals surface area contributed by atoms with E-state index in [1.165, 1.54) is 6.42 Å². The molecule has 6 heteroatoms. The van der Waals surface area contributed by atoms with Crippen molar-refractivity contribution in [2.75, 3.05) is 18.4 Å². The van der Waals surface area contributed by atoms with Crippen molar-refractivity contribution in [2.24, 2.45) is 0 Å². The molecule has 1 atom stereocenters. The minimum atomic E-state index is -2.50. The molecule has 116 valence electrons. The molecule has 1 heterocycles. The summed E-state index contributed by atoms with van der Waals surface area (Å²) in [5, 5.41) is 2.75. The lowest BCUT2D eigenvalue weighted by Crippen LogP contribution is -2.42. The Labute approximate surface area is 128 Å². The lowest BCUT2D eigenvalue weighted by molar-refractivity contribution is -0.118. The first-order valence-corrected chi connectivity index (χ1v) is 8.02. The van der Waals surface area contributed by atoms with Crippen molar-refractivity contribution in [2.45, 2.75) is 42.9 Å². The van der Waals surface area contributed by atoms with E-state index in [-0.39, 0.29) is 5.91 Å². The van der Waals surface area contributed by atoms with Crippen LogP contribution in [-0.2, 0) is 4.79 Å². The number of para-hydroxylation sites is 1. The van der Waals surface area contributed by atoms with Crippen molar-refractivity contribution in [3.05, 3.63) is 24.3 Å². The molecule has 0 aromatic heterocycles. The number of carbonyl (C=O) groups is 1. The maximum absolute atomic E-state index is 12.5. The Morgan fingerprint density at radius 3 is 2.90 bits per heavy atom. The van der Waals surface area contributed by atoms with E-state index in [4.69, 9.17) is 0 Å². The molecule has 1 aromatic carbocycles. The van der Waals surface area contributed by atoms with E-state index < -0.39 is 5.76 Å². The Hall–Kier alpha value is -1.14. The van der Waals surface area contributed by atoms with Gasteiger partial charge in [-0.3, -0.25) is 9.69 Å². The minimum Gasteiger partial charge on any atom is -0.324 e. The second kappa shape index (κ2) is 7.75. The summed E-state index contributed by atoms with van der Waals surface area (Å²) in [6, 6.07) is 7.06. The zero-order valence-electron chi connectivity index (χ0n) is 12.0. The first-order valence-electron chi connectivity index (χ1n) is 7.14. The Kier molecular flexibility index (Phi) is 5.99. The normalized spacial score (nSPS) is 19.7. The number of anilines is 1. The quantitative estimate of drug-likeness (QED) is 0.839. The summed E-state index contributed by atoms with van der Waals surface area (Å²) in [7, 11) is 0. The van der Waals surface area contributed by atoms with Crippen LogP contribution in [0.4, 0.5) is 14.5 Å². The van der Waals surface area contributed by atoms with Gasteiger partial charge in [0.1, 0.15) is 0 Å². The summed E-state index contributed by atoms with van der Waals surface area (Å²) in [4.78, 5) is 14.7. The van der Waals surface area contributed by atoms with Crippen molar-refractivity contribution in [1.29, 1.82) is 0 Å². The van der Waals surface area contributed by atoms with Gasteiger partial charge < -0.3 is 5.32 Å². The third kappa shape index (κ3) is 4.97. The number of likely N-dealkylation sites (tertiary alicyclic amines) is 1. The number of alkyl halides is 2. The number of hydrogen-bond acceptors (Lipinski definition) is 3. The predicted octanol–water partition coefficient (Wildman–Crippen LogP) is 3.81. The highest BCUT2D eigenvalue weighted by Gasteiger charge is 2.21. The molecule has 0 saturated carbocycles. The number of piperidine rings is 1. The van der Waals surface area contributed by atoms with E-state index in [0.717, 1.165) is 19.4 Å². The summed E-state index contributed by atoms with van der Waals surface area (Å²) >= 11 is 0.452. The molecular formula is C15H20F2N2OS. The van der Waals surface area contributed by atoms with E-state index in [1.807, 2.05) is 0 Å². The molecule has 1 aliphatic rings. The van der Waals surface area contributed by atoms with Gasteiger partial charge in [-0.15, -0.1) is 0 Å². The fraction of sp³-hybridized carbons (Fsp3) is 0.533. The van der Waals surface area contributed by atoms with Crippen LogP contribution >= 0.6 is 11.8 Å². The topological polar surface area (TPSA) is 32.3 Å². The molecule has 1 unspecified atom stereocenters. The number of amides is 1. The van der Waals surface area contributed by atoms with Crippen molar-refractivity contribution in [3.8, 4) is 0 Å². The Balaban J connectivity index is 1.96. The molecule has 3 nitrogen and oxygen atoms in total. The highest BCUT2D eigenvalue weighted by atomic mass is 32.2. The summed E-state index contributed by atoms with van der Waals surface area (Å²) < 4.78 is 25.0. The first kappa shape index (κ1) is 16.2. The largest absolute Gasteiger partial charge is 0.324 e. The Morgan fingerprint density at radius 1 is 1.43 bits per heavy atom. The number of halogens is 2. The number of rotatable bonds is 5. The average molecular weight is 314 g/mol. The lowest BCUT2D eigenvalue weighted by atomic mass is 10.0. The number of thioether (sulfide) groups is 1. The second-order valence-corrected chi connectivity index (χ2v) is 6.27. The predicted molar refractivity (Wildman–Crippen MR) is 81.8 cm³/mol. The van der Waals surface area contributed by atoms with E-state index >= 15 is 0 Å². The third-order valence-corrected chi connectivity index (χ3v) is 4.45. The SMILES string of the molecule is CC1CCCCN1CC(=O)Nc1ccccc1SC(F)F. The van der Waals surface area contributed by atoms with Gasteiger partial charge in [-0.05, 0) is 38.4 Å². The highest BCUT2D eigenvalue weighted by molar-refractivity contribution is 7.99. The number of hydrogen-bond donors (Lipinski definition) is 1.